The van der Waals surface area contributed by atoms with Crippen LogP contribution in [0.4, 0.5) is 0 Å². The van der Waals surface area contributed by atoms with Crippen molar-refractivity contribution < 1.29 is 22.5 Å². The Morgan fingerprint density at radius 1 is 0.947 bits per heavy atom. The highest BCUT2D eigenvalue weighted by molar-refractivity contribution is 6.55. The normalized spacial score (nSPS) is 12.5. The molecule has 19 heavy (non-hydrogen) atoms. The van der Waals surface area contributed by atoms with E-state index in [1.54, 1.807) is 0 Å². The van der Waals surface area contributed by atoms with E-state index in [9.17, 15) is 4.79 Å². The minimum Gasteiger partial charge on any atom is -0.451 e. The maximum Gasteiger partial charge on any atom is 0.751 e. The Kier molecular flexibility index (Phi) is 8.48. The second kappa shape index (κ2) is 8.68. The first-order valence-corrected chi connectivity index (χ1v) is 8.66. The zero-order valence-corrected chi connectivity index (χ0v) is 14.1. The predicted octanol–water partition coefficient (Wildman–Crippen LogP) is 2.90. The van der Waals surface area contributed by atoms with Gasteiger partial charge in [-0.15, -0.1) is 0 Å². The standard InChI is InChI=1S/C13H28O5Si/c1-7-11-13(5,6)12(14)18-19(15-8-2,16-9-3)17-10-4/h7-11H2,1-6H3. The minimum absolute atomic E-state index is 0.323. The first-order valence-electron chi connectivity index (χ1n) is 7.02. The Balaban J connectivity index is 4.92. The molecule has 0 saturated carbocycles. The lowest BCUT2D eigenvalue weighted by Crippen LogP contribution is -2.52. The summed E-state index contributed by atoms with van der Waals surface area (Å²) in [5, 5.41) is 0. The van der Waals surface area contributed by atoms with Gasteiger partial charge < -0.3 is 17.7 Å². The summed E-state index contributed by atoms with van der Waals surface area (Å²) < 4.78 is 22.0. The second-order valence-corrected chi connectivity index (χ2v) is 6.89. The van der Waals surface area contributed by atoms with E-state index in [2.05, 4.69) is 0 Å². The SMILES string of the molecule is CCCC(C)(C)C(=O)O[Si](OCC)(OCC)OCC. The highest BCUT2D eigenvalue weighted by Gasteiger charge is 2.51. The number of hydrogen-bond donors (Lipinski definition) is 0. The second-order valence-electron chi connectivity index (χ2n) is 4.82. The highest BCUT2D eigenvalue weighted by Crippen LogP contribution is 2.26. The lowest BCUT2D eigenvalue weighted by atomic mass is 9.88. The van der Waals surface area contributed by atoms with Crippen LogP contribution in [-0.2, 0) is 22.5 Å². The van der Waals surface area contributed by atoms with E-state index in [0.29, 0.717) is 19.8 Å². The van der Waals surface area contributed by atoms with Crippen LogP contribution in [0.25, 0.3) is 0 Å². The fraction of sp³-hybridized carbons (Fsp3) is 0.923. The molecule has 0 fully saturated rings. The van der Waals surface area contributed by atoms with E-state index >= 15 is 0 Å². The van der Waals surface area contributed by atoms with Crippen molar-refractivity contribution in [2.24, 2.45) is 5.41 Å². The van der Waals surface area contributed by atoms with Crippen LogP contribution < -0.4 is 0 Å². The molecule has 0 aliphatic carbocycles. The molecule has 0 heterocycles. The molecule has 6 heteroatoms. The largest absolute Gasteiger partial charge is 0.751 e. The Morgan fingerprint density at radius 2 is 1.37 bits per heavy atom. The van der Waals surface area contributed by atoms with E-state index in [1.807, 2.05) is 41.5 Å². The molecular formula is C13H28O5Si. The van der Waals surface area contributed by atoms with Gasteiger partial charge in [-0.2, -0.15) is 0 Å². The molecule has 0 rings (SSSR count). The van der Waals surface area contributed by atoms with Crippen molar-refractivity contribution in [3.05, 3.63) is 0 Å². The molecule has 0 atom stereocenters. The van der Waals surface area contributed by atoms with Gasteiger partial charge in [0.1, 0.15) is 0 Å². The average molecular weight is 292 g/mol. The summed E-state index contributed by atoms with van der Waals surface area (Å²) >= 11 is 0. The first-order chi connectivity index (χ1) is 8.87. The Labute approximate surface area is 118 Å². The van der Waals surface area contributed by atoms with Crippen LogP contribution in [0.1, 0.15) is 54.4 Å². The topological polar surface area (TPSA) is 54.0 Å². The molecule has 0 unspecified atom stereocenters. The Hall–Kier alpha value is -0.433. The van der Waals surface area contributed by atoms with E-state index in [4.69, 9.17) is 17.7 Å². The number of hydrogen-bond acceptors (Lipinski definition) is 5. The predicted molar refractivity (Wildman–Crippen MR) is 75.4 cm³/mol. The molecule has 0 aliphatic rings. The minimum atomic E-state index is -3.35. The smallest absolute Gasteiger partial charge is 0.451 e. The number of carbonyl (C=O) groups excluding carboxylic acids is 1. The van der Waals surface area contributed by atoms with Gasteiger partial charge in [0.25, 0.3) is 0 Å². The van der Waals surface area contributed by atoms with Crippen molar-refractivity contribution in [1.82, 2.24) is 0 Å². The summed E-state index contributed by atoms with van der Waals surface area (Å²) in [4.78, 5) is 12.3. The Morgan fingerprint density at radius 3 is 1.68 bits per heavy atom. The maximum absolute atomic E-state index is 12.3. The third-order valence-electron chi connectivity index (χ3n) is 2.61. The van der Waals surface area contributed by atoms with Gasteiger partial charge in [-0.3, -0.25) is 4.79 Å². The molecule has 114 valence electrons. The van der Waals surface area contributed by atoms with Gasteiger partial charge in [0.05, 0.1) is 5.41 Å². The molecular weight excluding hydrogens is 264 g/mol. The van der Waals surface area contributed by atoms with E-state index < -0.39 is 14.5 Å². The summed E-state index contributed by atoms with van der Waals surface area (Å²) in [6.45, 7) is 12.4. The van der Waals surface area contributed by atoms with Crippen molar-refractivity contribution in [2.45, 2.75) is 54.4 Å². The van der Waals surface area contributed by atoms with Crippen LogP contribution >= 0.6 is 0 Å². The number of carbonyl (C=O) groups is 1. The molecule has 0 radical (unpaired) electrons. The molecule has 0 bridgehead atoms. The van der Waals surface area contributed by atoms with Crippen molar-refractivity contribution in [3.63, 3.8) is 0 Å². The fourth-order valence-corrected chi connectivity index (χ4v) is 3.71. The molecule has 5 nitrogen and oxygen atoms in total. The molecule has 0 amide bonds. The molecule has 0 saturated heterocycles. The number of rotatable bonds is 10. The van der Waals surface area contributed by atoms with Crippen LogP contribution in [0.2, 0.25) is 0 Å². The van der Waals surface area contributed by atoms with Gasteiger partial charge in [-0.25, -0.2) is 0 Å². The summed E-state index contributed by atoms with van der Waals surface area (Å²) in [7, 11) is -3.35. The van der Waals surface area contributed by atoms with E-state index in [-0.39, 0.29) is 5.97 Å². The quantitative estimate of drug-likeness (QED) is 0.579. The summed E-state index contributed by atoms with van der Waals surface area (Å²) in [6, 6.07) is 0. The molecule has 0 aromatic heterocycles. The Bertz CT molecular complexity index is 251. The average Bonchev–Trinajstić information content (AvgIpc) is 2.29. The lowest BCUT2D eigenvalue weighted by molar-refractivity contribution is -0.155. The summed E-state index contributed by atoms with van der Waals surface area (Å²) in [6.07, 6.45) is 1.66. The van der Waals surface area contributed by atoms with E-state index in [1.165, 1.54) is 0 Å². The van der Waals surface area contributed by atoms with Gasteiger partial charge in [0, 0.05) is 19.8 Å². The molecule has 0 aromatic rings. The zero-order valence-electron chi connectivity index (χ0n) is 13.1. The fourth-order valence-electron chi connectivity index (χ4n) is 1.72. The van der Waals surface area contributed by atoms with Gasteiger partial charge in [0.15, 0.2) is 0 Å². The third-order valence-corrected chi connectivity index (χ3v) is 4.97. The van der Waals surface area contributed by atoms with Crippen LogP contribution in [0, 0.1) is 5.41 Å². The molecule has 0 N–H and O–H groups in total. The van der Waals surface area contributed by atoms with Gasteiger partial charge in [-0.1, -0.05) is 13.3 Å². The van der Waals surface area contributed by atoms with Crippen molar-refractivity contribution in [1.29, 1.82) is 0 Å². The van der Waals surface area contributed by atoms with Crippen LogP contribution in [-0.4, -0.2) is 34.8 Å². The van der Waals surface area contributed by atoms with Gasteiger partial charge in [0.2, 0.25) is 0 Å². The van der Waals surface area contributed by atoms with Crippen molar-refractivity contribution in [3.8, 4) is 0 Å². The lowest BCUT2D eigenvalue weighted by Gasteiger charge is -2.30. The maximum atomic E-state index is 12.3. The summed E-state index contributed by atoms with van der Waals surface area (Å²) in [5.74, 6) is -0.323. The van der Waals surface area contributed by atoms with Crippen molar-refractivity contribution in [2.75, 3.05) is 19.8 Å². The summed E-state index contributed by atoms with van der Waals surface area (Å²) in [5.41, 5.74) is -0.557. The molecule has 0 spiro atoms. The monoisotopic (exact) mass is 292 g/mol. The van der Waals surface area contributed by atoms with Crippen LogP contribution in [0.3, 0.4) is 0 Å². The van der Waals surface area contributed by atoms with Crippen LogP contribution in [0.5, 0.6) is 0 Å². The van der Waals surface area contributed by atoms with Crippen molar-refractivity contribution >= 4 is 15.0 Å². The highest BCUT2D eigenvalue weighted by atomic mass is 28.4. The van der Waals surface area contributed by atoms with E-state index in [0.717, 1.165) is 12.8 Å². The third kappa shape index (κ3) is 6.03. The molecule has 0 aliphatic heterocycles. The first kappa shape index (κ1) is 18.6. The van der Waals surface area contributed by atoms with Gasteiger partial charge >= 0.3 is 15.0 Å². The van der Waals surface area contributed by atoms with Crippen LogP contribution in [0.15, 0.2) is 0 Å². The zero-order chi connectivity index (χ0) is 14.9. The molecule has 0 aromatic carbocycles. The van der Waals surface area contributed by atoms with Gasteiger partial charge in [-0.05, 0) is 41.0 Å².